The number of aryl methyl sites for hydroxylation is 1. The lowest BCUT2D eigenvalue weighted by molar-refractivity contribution is 0.340. The van der Waals surface area contributed by atoms with Crippen molar-refractivity contribution in [1.82, 2.24) is 9.38 Å². The van der Waals surface area contributed by atoms with Crippen LogP contribution >= 0.6 is 11.8 Å². The Balaban J connectivity index is 1.75. The van der Waals surface area contributed by atoms with E-state index in [2.05, 4.69) is 15.3 Å². The van der Waals surface area contributed by atoms with Crippen LogP contribution in [0.3, 0.4) is 0 Å². The summed E-state index contributed by atoms with van der Waals surface area (Å²) >= 11 is 1.72. The van der Waals surface area contributed by atoms with Gasteiger partial charge in [-0.05, 0) is 55.7 Å². The Morgan fingerprint density at radius 2 is 2.00 bits per heavy atom. The fourth-order valence-electron chi connectivity index (χ4n) is 3.06. The number of nitrogens with zero attached hydrogens (tertiary/aromatic N) is 3. The molecule has 0 bridgehead atoms. The molecule has 0 saturated heterocycles. The van der Waals surface area contributed by atoms with Crippen molar-refractivity contribution < 1.29 is 9.13 Å². The highest BCUT2D eigenvalue weighted by Crippen LogP contribution is 2.37. The molecular formula is C19H18FN3OS. The quantitative estimate of drug-likeness (QED) is 0.679. The number of hydrogen-bond donors (Lipinski definition) is 0. The van der Waals surface area contributed by atoms with Crippen molar-refractivity contribution in [3.8, 4) is 5.75 Å². The molecule has 2 aromatic heterocycles. The van der Waals surface area contributed by atoms with E-state index in [4.69, 9.17) is 4.74 Å². The molecular weight excluding hydrogens is 337 g/mol. The number of rotatable bonds is 4. The maximum Gasteiger partial charge on any atom is 0.139 e. The third-order valence-electron chi connectivity index (χ3n) is 4.15. The van der Waals surface area contributed by atoms with Gasteiger partial charge in [0.05, 0.1) is 29.6 Å². The Kier molecular flexibility index (Phi) is 4.13. The molecule has 128 valence electrons. The molecule has 6 heteroatoms. The van der Waals surface area contributed by atoms with Gasteiger partial charge in [-0.25, -0.2) is 9.37 Å². The summed E-state index contributed by atoms with van der Waals surface area (Å²) < 4.78 is 21.1. The number of hydrogen-bond acceptors (Lipinski definition) is 4. The standard InChI is InChI=1S/C19H18FN3OS/c1-3-24-16-7-5-15(6-8-16)23-12-25-11-17(23)19-13(2)21-18-9-4-14(20)10-22(18)19/h4-11H,3,12H2,1-2H3. The summed E-state index contributed by atoms with van der Waals surface area (Å²) in [4.78, 5) is 6.77. The van der Waals surface area contributed by atoms with E-state index in [1.165, 1.54) is 12.3 Å². The predicted octanol–water partition coefficient (Wildman–Crippen LogP) is 4.69. The summed E-state index contributed by atoms with van der Waals surface area (Å²) in [5.41, 5.74) is 4.66. The van der Waals surface area contributed by atoms with Crippen molar-refractivity contribution in [1.29, 1.82) is 0 Å². The molecule has 1 aromatic carbocycles. The number of halogens is 1. The molecule has 4 rings (SSSR count). The first-order valence-electron chi connectivity index (χ1n) is 8.14. The van der Waals surface area contributed by atoms with Crippen LogP contribution in [0.15, 0.2) is 48.0 Å². The highest BCUT2D eigenvalue weighted by Gasteiger charge is 2.24. The summed E-state index contributed by atoms with van der Waals surface area (Å²) in [7, 11) is 0. The summed E-state index contributed by atoms with van der Waals surface area (Å²) in [6.07, 6.45) is 1.49. The lowest BCUT2D eigenvalue weighted by atomic mass is 10.2. The molecule has 0 saturated carbocycles. The Morgan fingerprint density at radius 3 is 2.76 bits per heavy atom. The average Bonchev–Trinajstić information content (AvgIpc) is 3.19. The van der Waals surface area contributed by atoms with Crippen LogP contribution in [-0.4, -0.2) is 21.9 Å². The Hall–Kier alpha value is -2.47. The van der Waals surface area contributed by atoms with Crippen LogP contribution in [0.2, 0.25) is 0 Å². The van der Waals surface area contributed by atoms with Crippen molar-refractivity contribution >= 4 is 28.8 Å². The van der Waals surface area contributed by atoms with Crippen LogP contribution in [-0.2, 0) is 0 Å². The fourth-order valence-corrected chi connectivity index (χ4v) is 3.96. The third kappa shape index (κ3) is 2.87. The largest absolute Gasteiger partial charge is 0.494 e. The van der Waals surface area contributed by atoms with Gasteiger partial charge in [-0.15, -0.1) is 11.8 Å². The number of imidazole rings is 1. The molecule has 1 aliphatic heterocycles. The van der Waals surface area contributed by atoms with Gasteiger partial charge in [0.15, 0.2) is 0 Å². The highest BCUT2D eigenvalue weighted by atomic mass is 32.2. The minimum Gasteiger partial charge on any atom is -0.494 e. The van der Waals surface area contributed by atoms with E-state index in [1.54, 1.807) is 17.8 Å². The minimum absolute atomic E-state index is 0.273. The molecule has 4 nitrogen and oxygen atoms in total. The van der Waals surface area contributed by atoms with E-state index >= 15 is 0 Å². The summed E-state index contributed by atoms with van der Waals surface area (Å²) in [6.45, 7) is 4.58. The second-order valence-corrected chi connectivity index (χ2v) is 6.60. The van der Waals surface area contributed by atoms with Crippen molar-refractivity contribution in [3.63, 3.8) is 0 Å². The molecule has 0 fully saturated rings. The lowest BCUT2D eigenvalue weighted by Gasteiger charge is -2.22. The summed E-state index contributed by atoms with van der Waals surface area (Å²) in [5, 5.41) is 2.11. The molecule has 0 aliphatic carbocycles. The predicted molar refractivity (Wildman–Crippen MR) is 100 cm³/mol. The number of fused-ring (bicyclic) bond motifs is 1. The monoisotopic (exact) mass is 355 g/mol. The minimum atomic E-state index is -0.273. The SMILES string of the molecule is CCOc1ccc(N2CSC=C2c2c(C)nc3ccc(F)cn23)cc1. The van der Waals surface area contributed by atoms with Gasteiger partial charge in [0.25, 0.3) is 0 Å². The maximum atomic E-state index is 13.7. The maximum absolute atomic E-state index is 13.7. The van der Waals surface area contributed by atoms with Gasteiger partial charge >= 0.3 is 0 Å². The van der Waals surface area contributed by atoms with Crippen LogP contribution < -0.4 is 9.64 Å². The number of aromatic nitrogens is 2. The van der Waals surface area contributed by atoms with Gasteiger partial charge in [-0.2, -0.15) is 0 Å². The first-order valence-corrected chi connectivity index (χ1v) is 9.19. The topological polar surface area (TPSA) is 29.8 Å². The number of ether oxygens (including phenoxy) is 1. The molecule has 0 unspecified atom stereocenters. The van der Waals surface area contributed by atoms with E-state index in [9.17, 15) is 4.39 Å². The zero-order chi connectivity index (χ0) is 17.4. The Bertz CT molecular complexity index is 949. The molecule has 0 spiro atoms. The number of thioether (sulfide) groups is 1. The molecule has 3 aromatic rings. The van der Waals surface area contributed by atoms with Gasteiger partial charge in [0, 0.05) is 11.9 Å². The van der Waals surface area contributed by atoms with Gasteiger partial charge < -0.3 is 9.64 Å². The smallest absolute Gasteiger partial charge is 0.139 e. The molecule has 1 aliphatic rings. The molecule has 0 N–H and O–H groups in total. The zero-order valence-corrected chi connectivity index (χ0v) is 14.9. The van der Waals surface area contributed by atoms with E-state index in [0.29, 0.717) is 6.61 Å². The van der Waals surface area contributed by atoms with Gasteiger partial charge in [0.2, 0.25) is 0 Å². The van der Waals surface area contributed by atoms with Crippen LogP contribution in [0.5, 0.6) is 5.75 Å². The molecule has 0 amide bonds. The van der Waals surface area contributed by atoms with Crippen molar-refractivity contribution in [2.75, 3.05) is 17.4 Å². The Morgan fingerprint density at radius 1 is 1.20 bits per heavy atom. The second-order valence-electron chi connectivity index (χ2n) is 5.78. The number of anilines is 1. The summed E-state index contributed by atoms with van der Waals surface area (Å²) in [6, 6.07) is 11.2. The fraction of sp³-hybridized carbons (Fsp3) is 0.211. The van der Waals surface area contributed by atoms with Crippen LogP contribution in [0.4, 0.5) is 10.1 Å². The Labute approximate surface area is 149 Å². The number of pyridine rings is 1. The highest BCUT2D eigenvalue weighted by molar-refractivity contribution is 8.02. The first-order chi connectivity index (χ1) is 12.2. The normalized spacial score (nSPS) is 14.2. The van der Waals surface area contributed by atoms with Crippen LogP contribution in [0.1, 0.15) is 18.3 Å². The van der Waals surface area contributed by atoms with Crippen LogP contribution in [0.25, 0.3) is 11.3 Å². The van der Waals surface area contributed by atoms with Gasteiger partial charge in [-0.1, -0.05) is 0 Å². The zero-order valence-electron chi connectivity index (χ0n) is 14.1. The van der Waals surface area contributed by atoms with Crippen molar-refractivity contribution in [3.05, 3.63) is 65.2 Å². The van der Waals surface area contributed by atoms with Gasteiger partial charge in [0.1, 0.15) is 17.2 Å². The summed E-state index contributed by atoms with van der Waals surface area (Å²) in [5.74, 6) is 1.40. The number of benzene rings is 1. The molecule has 0 radical (unpaired) electrons. The van der Waals surface area contributed by atoms with Crippen molar-refractivity contribution in [2.24, 2.45) is 0 Å². The van der Waals surface area contributed by atoms with Crippen LogP contribution in [0, 0.1) is 12.7 Å². The van der Waals surface area contributed by atoms with Crippen molar-refractivity contribution in [2.45, 2.75) is 13.8 Å². The third-order valence-corrected chi connectivity index (χ3v) is 4.95. The van der Waals surface area contributed by atoms with E-state index < -0.39 is 0 Å². The molecule has 3 heterocycles. The average molecular weight is 355 g/mol. The van der Waals surface area contributed by atoms with E-state index in [1.807, 2.05) is 42.5 Å². The molecule has 0 atom stereocenters. The second kappa shape index (κ2) is 6.44. The lowest BCUT2D eigenvalue weighted by Crippen LogP contribution is -2.18. The van der Waals surface area contributed by atoms with E-state index in [-0.39, 0.29) is 5.82 Å². The van der Waals surface area contributed by atoms with Gasteiger partial charge in [-0.3, -0.25) is 4.40 Å². The van der Waals surface area contributed by atoms with E-state index in [0.717, 1.165) is 40.0 Å². The first kappa shape index (κ1) is 16.0. The molecule has 25 heavy (non-hydrogen) atoms.